The Morgan fingerprint density at radius 3 is 2.39 bits per heavy atom. The number of ether oxygens (including phenoxy) is 1. The van der Waals surface area contributed by atoms with Crippen LogP contribution in [-0.2, 0) is 16.1 Å². The number of nitrogens with one attached hydrogen (secondary N) is 1. The summed E-state index contributed by atoms with van der Waals surface area (Å²) in [6, 6.07) is 21.3. The fourth-order valence-electron chi connectivity index (χ4n) is 4.06. The predicted octanol–water partition coefficient (Wildman–Crippen LogP) is 6.07. The Morgan fingerprint density at radius 1 is 1.03 bits per heavy atom. The van der Waals surface area contributed by atoms with E-state index in [1.165, 1.54) is 11.1 Å². The molecule has 188 valence electrons. The fourth-order valence-corrected chi connectivity index (χ4v) is 4.06. The first-order valence-corrected chi connectivity index (χ1v) is 11.5. The molecular formula is C28H30ClN3O4. The Hall–Kier alpha value is -3.52. The van der Waals surface area contributed by atoms with Crippen LogP contribution in [0.4, 0.5) is 0 Å². The van der Waals surface area contributed by atoms with Gasteiger partial charge in [0.2, 0.25) is 5.82 Å². The summed E-state index contributed by atoms with van der Waals surface area (Å²) in [6.07, 6.45) is 0. The first-order chi connectivity index (χ1) is 16.9. The number of aryl methyl sites for hydroxylation is 1. The van der Waals surface area contributed by atoms with Crippen LogP contribution >= 0.6 is 12.4 Å². The number of aromatic nitrogens is 2. The number of nitrogens with zero attached hydrogens (tertiary/aromatic N) is 2. The fraction of sp³-hybridized carbons (Fsp3) is 0.250. The average molecular weight is 508 g/mol. The quantitative estimate of drug-likeness (QED) is 0.283. The van der Waals surface area contributed by atoms with Gasteiger partial charge in [0.1, 0.15) is 6.04 Å². The molecule has 0 fully saturated rings. The second kappa shape index (κ2) is 11.9. The topological polar surface area (TPSA) is 97.5 Å². The lowest BCUT2D eigenvalue weighted by atomic mass is 9.94. The van der Waals surface area contributed by atoms with E-state index in [0.29, 0.717) is 18.3 Å². The van der Waals surface area contributed by atoms with Crippen LogP contribution in [0.15, 0.2) is 71.3 Å². The van der Waals surface area contributed by atoms with E-state index in [1.807, 2.05) is 55.5 Å². The van der Waals surface area contributed by atoms with Gasteiger partial charge in [0.15, 0.2) is 0 Å². The van der Waals surface area contributed by atoms with E-state index in [1.54, 1.807) is 14.0 Å². The van der Waals surface area contributed by atoms with Crippen LogP contribution in [0.1, 0.15) is 36.6 Å². The molecule has 0 amide bonds. The molecular weight excluding hydrogens is 478 g/mol. The maximum absolute atomic E-state index is 11.1. The lowest BCUT2D eigenvalue weighted by Crippen LogP contribution is -2.35. The summed E-state index contributed by atoms with van der Waals surface area (Å²) in [4.78, 5) is 15.7. The van der Waals surface area contributed by atoms with Gasteiger partial charge in [-0.3, -0.25) is 10.1 Å². The molecule has 2 atom stereocenters. The van der Waals surface area contributed by atoms with Gasteiger partial charge in [-0.05, 0) is 60.7 Å². The molecule has 0 aliphatic heterocycles. The highest BCUT2D eigenvalue weighted by molar-refractivity contribution is 5.85. The summed E-state index contributed by atoms with van der Waals surface area (Å²) < 4.78 is 11.0. The van der Waals surface area contributed by atoms with Gasteiger partial charge in [0, 0.05) is 24.3 Å². The van der Waals surface area contributed by atoms with Crippen molar-refractivity contribution in [2.75, 3.05) is 7.11 Å². The molecule has 1 aromatic heterocycles. The summed E-state index contributed by atoms with van der Waals surface area (Å²) in [5, 5.41) is 16.3. The normalized spacial score (nSPS) is 12.6. The third-order valence-corrected chi connectivity index (χ3v) is 6.05. The van der Waals surface area contributed by atoms with Gasteiger partial charge < -0.3 is 14.4 Å². The standard InChI is InChI=1S/C28H29N3O4.ClH/c1-17-7-5-6-8-24(17)25-14-13-22(15-23(25)16-34-4)27-30-26(31-35-27)21-11-9-20(10-12-21)18(2)29-19(3)28(32)33;/h5-15,18-19,29H,16H2,1-4H3,(H,32,33);1H/t18-,19-;/m1./s1. The molecule has 0 aliphatic rings. The van der Waals surface area contributed by atoms with Gasteiger partial charge in [-0.1, -0.05) is 59.8 Å². The van der Waals surface area contributed by atoms with E-state index in [4.69, 9.17) is 14.4 Å². The third kappa shape index (κ3) is 5.99. The largest absolute Gasteiger partial charge is 0.480 e. The molecule has 4 rings (SSSR count). The lowest BCUT2D eigenvalue weighted by molar-refractivity contribution is -0.139. The number of benzene rings is 3. The third-order valence-electron chi connectivity index (χ3n) is 6.05. The lowest BCUT2D eigenvalue weighted by Gasteiger charge is -2.17. The number of methoxy groups -OCH3 is 1. The zero-order valence-electron chi connectivity index (χ0n) is 20.7. The molecule has 0 saturated carbocycles. The molecule has 36 heavy (non-hydrogen) atoms. The molecule has 0 radical (unpaired) electrons. The van der Waals surface area contributed by atoms with Gasteiger partial charge in [-0.15, -0.1) is 12.4 Å². The van der Waals surface area contributed by atoms with E-state index in [2.05, 4.69) is 40.6 Å². The summed E-state index contributed by atoms with van der Waals surface area (Å²) in [6.45, 7) is 6.12. The Kier molecular flexibility index (Phi) is 8.98. The number of rotatable bonds is 9. The highest BCUT2D eigenvalue weighted by Gasteiger charge is 2.17. The van der Waals surface area contributed by atoms with E-state index >= 15 is 0 Å². The van der Waals surface area contributed by atoms with Crippen molar-refractivity contribution in [3.05, 3.63) is 83.4 Å². The van der Waals surface area contributed by atoms with Crippen LogP contribution in [0.5, 0.6) is 0 Å². The number of halogens is 1. The number of aliphatic carboxylic acids is 1. The summed E-state index contributed by atoms with van der Waals surface area (Å²) in [5.41, 5.74) is 7.13. The molecule has 2 N–H and O–H groups in total. The van der Waals surface area contributed by atoms with Crippen molar-refractivity contribution < 1.29 is 19.2 Å². The number of carboxylic acids is 1. The Labute approximate surface area is 216 Å². The summed E-state index contributed by atoms with van der Waals surface area (Å²) in [7, 11) is 1.68. The second-order valence-corrected chi connectivity index (χ2v) is 8.61. The van der Waals surface area contributed by atoms with Crippen LogP contribution in [0.2, 0.25) is 0 Å². The zero-order chi connectivity index (χ0) is 24.9. The Morgan fingerprint density at radius 2 is 1.72 bits per heavy atom. The molecule has 0 unspecified atom stereocenters. The van der Waals surface area contributed by atoms with E-state index < -0.39 is 12.0 Å². The van der Waals surface area contributed by atoms with Crippen molar-refractivity contribution in [3.63, 3.8) is 0 Å². The molecule has 0 saturated heterocycles. The van der Waals surface area contributed by atoms with Crippen LogP contribution in [0.3, 0.4) is 0 Å². The highest BCUT2D eigenvalue weighted by atomic mass is 35.5. The number of carboxylic acid groups (broad SMARTS) is 1. The number of hydrogen-bond donors (Lipinski definition) is 2. The Balaban J connectivity index is 0.00000361. The minimum atomic E-state index is -0.881. The SMILES string of the molecule is COCc1cc(-c2nc(-c3ccc([C@@H](C)N[C@H](C)C(=O)O)cc3)no2)ccc1-c1ccccc1C.Cl. The molecule has 1 heterocycles. The molecule has 3 aromatic carbocycles. The van der Waals surface area contributed by atoms with E-state index in [0.717, 1.165) is 27.8 Å². The predicted molar refractivity (Wildman–Crippen MR) is 142 cm³/mol. The summed E-state index contributed by atoms with van der Waals surface area (Å²) in [5.74, 6) is 0.0406. The van der Waals surface area contributed by atoms with Crippen LogP contribution in [0, 0.1) is 6.92 Å². The van der Waals surface area contributed by atoms with Crippen LogP contribution < -0.4 is 5.32 Å². The van der Waals surface area contributed by atoms with Crippen molar-refractivity contribution in [2.45, 2.75) is 39.5 Å². The van der Waals surface area contributed by atoms with E-state index in [9.17, 15) is 4.79 Å². The first kappa shape index (κ1) is 27.1. The highest BCUT2D eigenvalue weighted by Crippen LogP contribution is 2.31. The smallest absolute Gasteiger partial charge is 0.320 e. The zero-order valence-corrected chi connectivity index (χ0v) is 21.5. The molecule has 4 aromatic rings. The molecule has 0 bridgehead atoms. The summed E-state index contributed by atoms with van der Waals surface area (Å²) >= 11 is 0. The van der Waals surface area contributed by atoms with E-state index in [-0.39, 0.29) is 18.4 Å². The second-order valence-electron chi connectivity index (χ2n) is 8.61. The number of hydrogen-bond acceptors (Lipinski definition) is 6. The van der Waals surface area contributed by atoms with Gasteiger partial charge in [0.05, 0.1) is 6.61 Å². The van der Waals surface area contributed by atoms with Gasteiger partial charge in [-0.25, -0.2) is 0 Å². The number of carbonyl (C=O) groups is 1. The van der Waals surface area contributed by atoms with Crippen molar-refractivity contribution in [3.8, 4) is 34.0 Å². The van der Waals surface area contributed by atoms with Gasteiger partial charge in [0.25, 0.3) is 5.89 Å². The maximum Gasteiger partial charge on any atom is 0.320 e. The van der Waals surface area contributed by atoms with Crippen LogP contribution in [0.25, 0.3) is 34.0 Å². The van der Waals surface area contributed by atoms with Crippen molar-refractivity contribution in [2.24, 2.45) is 0 Å². The minimum Gasteiger partial charge on any atom is -0.480 e. The Bertz CT molecular complexity index is 1320. The monoisotopic (exact) mass is 507 g/mol. The van der Waals surface area contributed by atoms with Crippen molar-refractivity contribution in [1.82, 2.24) is 15.5 Å². The molecule has 0 spiro atoms. The molecule has 0 aliphatic carbocycles. The van der Waals surface area contributed by atoms with Crippen molar-refractivity contribution >= 4 is 18.4 Å². The van der Waals surface area contributed by atoms with Crippen LogP contribution in [-0.4, -0.2) is 34.4 Å². The van der Waals surface area contributed by atoms with Gasteiger partial charge >= 0.3 is 5.97 Å². The molecule has 8 heteroatoms. The average Bonchev–Trinajstić information content (AvgIpc) is 3.35. The maximum atomic E-state index is 11.1. The first-order valence-electron chi connectivity index (χ1n) is 11.5. The molecule has 7 nitrogen and oxygen atoms in total. The van der Waals surface area contributed by atoms with Crippen molar-refractivity contribution in [1.29, 1.82) is 0 Å². The minimum absolute atomic E-state index is 0. The van der Waals surface area contributed by atoms with Gasteiger partial charge in [-0.2, -0.15) is 4.98 Å².